The number of nitrogens with one attached hydrogen (secondary N) is 2. The second-order valence-electron chi connectivity index (χ2n) is 5.34. The summed E-state index contributed by atoms with van der Waals surface area (Å²) in [5.74, 6) is -0.760. The van der Waals surface area contributed by atoms with Gasteiger partial charge in [0, 0.05) is 22.7 Å². The zero-order valence-electron chi connectivity index (χ0n) is 14.4. The van der Waals surface area contributed by atoms with Gasteiger partial charge in [-0.05, 0) is 42.8 Å². The molecule has 26 heavy (non-hydrogen) atoms. The number of aryl methyl sites for hydroxylation is 1. The van der Waals surface area contributed by atoms with E-state index in [1.807, 2.05) is 6.92 Å². The second-order valence-corrected chi connectivity index (χ2v) is 8.42. The van der Waals surface area contributed by atoms with Crippen molar-refractivity contribution in [2.75, 3.05) is 18.4 Å². The van der Waals surface area contributed by atoms with Crippen molar-refractivity contribution in [3.05, 3.63) is 46.8 Å². The molecule has 0 aliphatic heterocycles. The highest BCUT2D eigenvalue weighted by Gasteiger charge is 2.17. The lowest BCUT2D eigenvalue weighted by molar-refractivity contribution is -0.140. The fraction of sp³-hybridized carbons (Fsp3) is 0.294. The van der Waals surface area contributed by atoms with E-state index >= 15 is 0 Å². The Hall–Kier alpha value is -2.39. The molecule has 0 fully saturated rings. The monoisotopic (exact) mass is 396 g/mol. The van der Waals surface area contributed by atoms with Crippen LogP contribution in [0.3, 0.4) is 0 Å². The topological polar surface area (TPSA) is 102 Å². The molecular weight excluding hydrogens is 376 g/mol. The van der Waals surface area contributed by atoms with Crippen molar-refractivity contribution in [1.82, 2.24) is 5.32 Å². The summed E-state index contributed by atoms with van der Waals surface area (Å²) in [5, 5.41) is 2.59. The standard InChI is InChI=1S/C17H20N2O5S2/c1-3-14-8-9-16(25-14)26(22,23)19-13-6-4-12(5-7-13)17(21)18-11-10-15(20)24-2/h4-9,19H,3,10-11H2,1-2H3,(H,18,21). The Morgan fingerprint density at radius 3 is 2.38 bits per heavy atom. The molecule has 1 heterocycles. The van der Waals surface area contributed by atoms with E-state index in [1.54, 1.807) is 12.1 Å². The van der Waals surface area contributed by atoms with Crippen molar-refractivity contribution in [2.24, 2.45) is 0 Å². The van der Waals surface area contributed by atoms with Gasteiger partial charge in [-0.2, -0.15) is 0 Å². The van der Waals surface area contributed by atoms with Gasteiger partial charge in [0.2, 0.25) is 0 Å². The minimum Gasteiger partial charge on any atom is -0.469 e. The molecule has 1 aromatic heterocycles. The highest BCUT2D eigenvalue weighted by molar-refractivity contribution is 7.94. The van der Waals surface area contributed by atoms with E-state index < -0.39 is 16.0 Å². The van der Waals surface area contributed by atoms with Gasteiger partial charge in [-0.3, -0.25) is 14.3 Å². The van der Waals surface area contributed by atoms with Crippen molar-refractivity contribution in [2.45, 2.75) is 24.0 Å². The molecule has 0 unspecified atom stereocenters. The van der Waals surface area contributed by atoms with Crippen LogP contribution in [0, 0.1) is 0 Å². The lowest BCUT2D eigenvalue weighted by atomic mass is 10.2. The molecule has 9 heteroatoms. The van der Waals surface area contributed by atoms with Gasteiger partial charge in [-0.15, -0.1) is 11.3 Å². The third-order valence-corrected chi connectivity index (χ3v) is 6.59. The minimum absolute atomic E-state index is 0.0840. The van der Waals surface area contributed by atoms with Crippen molar-refractivity contribution < 1.29 is 22.7 Å². The number of methoxy groups -OCH3 is 1. The normalized spacial score (nSPS) is 11.0. The molecule has 0 aliphatic rings. The van der Waals surface area contributed by atoms with E-state index in [1.165, 1.54) is 42.7 Å². The summed E-state index contributed by atoms with van der Waals surface area (Å²) in [6.07, 6.45) is 0.862. The Balaban J connectivity index is 1.98. The zero-order valence-corrected chi connectivity index (χ0v) is 16.1. The molecule has 0 bridgehead atoms. The molecule has 1 amide bonds. The Morgan fingerprint density at radius 1 is 1.12 bits per heavy atom. The van der Waals surface area contributed by atoms with Gasteiger partial charge < -0.3 is 10.1 Å². The fourth-order valence-corrected chi connectivity index (χ4v) is 4.42. The van der Waals surface area contributed by atoms with Crippen molar-refractivity contribution >= 4 is 38.9 Å². The SMILES string of the molecule is CCc1ccc(S(=O)(=O)Nc2ccc(C(=O)NCCC(=O)OC)cc2)s1. The number of carbonyl (C=O) groups is 2. The molecule has 2 aromatic rings. The summed E-state index contributed by atoms with van der Waals surface area (Å²) < 4.78 is 32.0. The van der Waals surface area contributed by atoms with Crippen LogP contribution in [0.25, 0.3) is 0 Å². The number of sulfonamides is 1. The second kappa shape index (κ2) is 8.81. The zero-order chi connectivity index (χ0) is 19.2. The summed E-state index contributed by atoms with van der Waals surface area (Å²) in [4.78, 5) is 24.0. The van der Waals surface area contributed by atoms with E-state index in [4.69, 9.17) is 0 Å². The highest BCUT2D eigenvalue weighted by Crippen LogP contribution is 2.24. The number of ether oxygens (including phenoxy) is 1. The molecule has 140 valence electrons. The predicted octanol–water partition coefficient (Wildman–Crippen LogP) is 2.40. The smallest absolute Gasteiger partial charge is 0.307 e. The molecular formula is C17H20N2O5S2. The maximum absolute atomic E-state index is 12.4. The minimum atomic E-state index is -3.65. The lowest BCUT2D eigenvalue weighted by Crippen LogP contribution is -2.26. The summed E-state index contributed by atoms with van der Waals surface area (Å²) in [6, 6.07) is 9.42. The van der Waals surface area contributed by atoms with Crippen LogP contribution in [0.5, 0.6) is 0 Å². The molecule has 1 aromatic carbocycles. The number of hydrogen-bond donors (Lipinski definition) is 2. The summed E-state index contributed by atoms with van der Waals surface area (Å²) in [5.41, 5.74) is 0.727. The highest BCUT2D eigenvalue weighted by atomic mass is 32.2. The molecule has 2 rings (SSSR count). The lowest BCUT2D eigenvalue weighted by Gasteiger charge is -2.08. The van der Waals surface area contributed by atoms with Gasteiger partial charge in [-0.1, -0.05) is 6.92 Å². The van der Waals surface area contributed by atoms with E-state index in [9.17, 15) is 18.0 Å². The van der Waals surface area contributed by atoms with Crippen LogP contribution in [-0.4, -0.2) is 33.9 Å². The molecule has 0 atom stereocenters. The number of carbonyl (C=O) groups excluding carboxylic acids is 2. The summed E-state index contributed by atoms with van der Waals surface area (Å²) in [6.45, 7) is 2.13. The third-order valence-electron chi connectivity index (χ3n) is 3.49. The summed E-state index contributed by atoms with van der Waals surface area (Å²) in [7, 11) is -2.36. The predicted molar refractivity (Wildman–Crippen MR) is 99.9 cm³/mol. The van der Waals surface area contributed by atoms with E-state index in [0.29, 0.717) is 11.3 Å². The molecule has 0 aliphatic carbocycles. The first kappa shape index (κ1) is 19.9. The van der Waals surface area contributed by atoms with E-state index in [2.05, 4.69) is 14.8 Å². The maximum Gasteiger partial charge on any atom is 0.307 e. The number of esters is 1. The molecule has 7 nitrogen and oxygen atoms in total. The first-order valence-electron chi connectivity index (χ1n) is 7.92. The van der Waals surface area contributed by atoms with Crippen LogP contribution in [0.1, 0.15) is 28.6 Å². The fourth-order valence-electron chi connectivity index (χ4n) is 2.07. The molecule has 0 spiro atoms. The van der Waals surface area contributed by atoms with E-state index in [0.717, 1.165) is 11.3 Å². The first-order valence-corrected chi connectivity index (χ1v) is 10.2. The van der Waals surface area contributed by atoms with Crippen molar-refractivity contribution in [3.63, 3.8) is 0 Å². The maximum atomic E-state index is 12.4. The number of anilines is 1. The van der Waals surface area contributed by atoms with Crippen LogP contribution in [-0.2, 0) is 26.0 Å². The number of amides is 1. The van der Waals surface area contributed by atoms with Gasteiger partial charge >= 0.3 is 5.97 Å². The van der Waals surface area contributed by atoms with Crippen LogP contribution >= 0.6 is 11.3 Å². The average molecular weight is 396 g/mol. The third kappa shape index (κ3) is 5.30. The van der Waals surface area contributed by atoms with Crippen molar-refractivity contribution in [3.8, 4) is 0 Å². The molecule has 2 N–H and O–H groups in total. The van der Waals surface area contributed by atoms with Gasteiger partial charge in [0.25, 0.3) is 15.9 Å². The number of benzene rings is 1. The van der Waals surface area contributed by atoms with Gasteiger partial charge in [0.1, 0.15) is 4.21 Å². The van der Waals surface area contributed by atoms with Crippen LogP contribution in [0.4, 0.5) is 5.69 Å². The Bertz CT molecular complexity index is 873. The van der Waals surface area contributed by atoms with E-state index in [-0.39, 0.29) is 23.1 Å². The number of rotatable bonds is 8. The Morgan fingerprint density at radius 2 is 1.81 bits per heavy atom. The summed E-state index contributed by atoms with van der Waals surface area (Å²) >= 11 is 1.23. The number of thiophene rings is 1. The van der Waals surface area contributed by atoms with Crippen molar-refractivity contribution in [1.29, 1.82) is 0 Å². The molecule has 0 saturated heterocycles. The van der Waals surface area contributed by atoms with Crippen LogP contribution in [0.15, 0.2) is 40.6 Å². The Labute approximate surface area is 156 Å². The van der Waals surface area contributed by atoms with Gasteiger partial charge in [0.15, 0.2) is 0 Å². The van der Waals surface area contributed by atoms with Crippen LogP contribution in [0.2, 0.25) is 0 Å². The van der Waals surface area contributed by atoms with Crippen LogP contribution < -0.4 is 10.0 Å². The van der Waals surface area contributed by atoms with Gasteiger partial charge in [-0.25, -0.2) is 8.42 Å². The van der Waals surface area contributed by atoms with Gasteiger partial charge in [0.05, 0.1) is 13.5 Å². The largest absolute Gasteiger partial charge is 0.469 e. The first-order chi connectivity index (χ1) is 12.4. The Kier molecular flexibility index (Phi) is 6.76. The molecule has 0 radical (unpaired) electrons. The number of hydrogen-bond acceptors (Lipinski definition) is 6. The molecule has 0 saturated carbocycles. The quantitative estimate of drug-likeness (QED) is 0.667. The average Bonchev–Trinajstić information content (AvgIpc) is 3.12.